The second-order valence-corrected chi connectivity index (χ2v) is 10.5. The molecule has 1 saturated carbocycles. The average molecular weight is 550 g/mol. The molecule has 1 fully saturated rings. The van der Waals surface area contributed by atoms with E-state index >= 15 is 0 Å². The fraction of sp³-hybridized carbons (Fsp3) is 0.500. The van der Waals surface area contributed by atoms with Gasteiger partial charge in [0.25, 0.3) is 0 Å². The van der Waals surface area contributed by atoms with Gasteiger partial charge in [-0.25, -0.2) is 32.3 Å². The summed E-state index contributed by atoms with van der Waals surface area (Å²) in [4.78, 5) is 19.7. The molecule has 204 valence electrons. The first kappa shape index (κ1) is 28.5. The summed E-state index contributed by atoms with van der Waals surface area (Å²) in [6.07, 6.45) is -1.91. The number of halogens is 4. The number of aliphatic hydroxyl groups is 1. The minimum absolute atomic E-state index is 0.0301. The lowest BCUT2D eigenvalue weighted by Gasteiger charge is -2.34. The fourth-order valence-electron chi connectivity index (χ4n) is 3.74. The molecule has 4 N–H and O–H groups in total. The van der Waals surface area contributed by atoms with Crippen LogP contribution in [-0.4, -0.2) is 61.6 Å². The van der Waals surface area contributed by atoms with Crippen LogP contribution >= 0.6 is 0 Å². The zero-order valence-electron chi connectivity index (χ0n) is 19.8. The van der Waals surface area contributed by atoms with E-state index in [1.807, 2.05) is 0 Å². The summed E-state index contributed by atoms with van der Waals surface area (Å²) in [6.45, 7) is 0.745. The van der Waals surface area contributed by atoms with Crippen molar-refractivity contribution in [2.24, 2.45) is 5.92 Å². The van der Waals surface area contributed by atoms with Gasteiger partial charge in [-0.05, 0) is 55.4 Å². The Labute approximate surface area is 210 Å². The van der Waals surface area contributed by atoms with Crippen LogP contribution in [0, 0.1) is 11.7 Å². The molecule has 1 aromatic carbocycles. The van der Waals surface area contributed by atoms with Gasteiger partial charge in [-0.15, -0.1) is 0 Å². The Morgan fingerprint density at radius 2 is 1.92 bits per heavy atom. The fourth-order valence-corrected chi connectivity index (χ4v) is 4.77. The first-order chi connectivity index (χ1) is 17.4. The molecule has 1 amide bonds. The SMILES string of the molecule is C[C@@H](CC(F)(F)F)NC(=O)OCC1CC(c2cnc(Nc3ccc(S(=O)(=O)NCCO)cc3F)nc2)C1. The molecule has 15 heteroatoms. The number of sulfonamides is 1. The van der Waals surface area contributed by atoms with Gasteiger partial charge in [0.15, 0.2) is 0 Å². The summed E-state index contributed by atoms with van der Waals surface area (Å²) in [5.41, 5.74) is 0.791. The lowest BCUT2D eigenvalue weighted by atomic mass is 9.72. The number of rotatable bonds is 11. The predicted octanol–water partition coefficient (Wildman–Crippen LogP) is 3.19. The number of ether oxygens (including phenoxy) is 1. The van der Waals surface area contributed by atoms with E-state index in [4.69, 9.17) is 9.84 Å². The topological polar surface area (TPSA) is 143 Å². The smallest absolute Gasteiger partial charge is 0.407 e. The van der Waals surface area contributed by atoms with Crippen molar-refractivity contribution in [3.8, 4) is 0 Å². The second kappa shape index (κ2) is 12.0. The van der Waals surface area contributed by atoms with Gasteiger partial charge in [0.05, 0.1) is 30.2 Å². The minimum Gasteiger partial charge on any atom is -0.449 e. The van der Waals surface area contributed by atoms with Crippen LogP contribution in [0.1, 0.15) is 37.7 Å². The summed E-state index contributed by atoms with van der Waals surface area (Å²) >= 11 is 0. The molecule has 0 aliphatic heterocycles. The average Bonchev–Trinajstić information content (AvgIpc) is 2.77. The molecule has 1 aromatic heterocycles. The van der Waals surface area contributed by atoms with Crippen LogP contribution in [0.3, 0.4) is 0 Å². The molecule has 1 heterocycles. The zero-order chi connectivity index (χ0) is 27.2. The molecule has 0 unspecified atom stereocenters. The summed E-state index contributed by atoms with van der Waals surface area (Å²) in [5, 5.41) is 13.6. The van der Waals surface area contributed by atoms with Crippen molar-refractivity contribution in [3.05, 3.63) is 42.0 Å². The number of hydrogen-bond acceptors (Lipinski definition) is 8. The zero-order valence-corrected chi connectivity index (χ0v) is 20.6. The molecule has 1 atom stereocenters. The van der Waals surface area contributed by atoms with Crippen molar-refractivity contribution in [2.45, 2.75) is 49.2 Å². The molecule has 2 aromatic rings. The van der Waals surface area contributed by atoms with E-state index in [0.29, 0.717) is 12.8 Å². The van der Waals surface area contributed by atoms with E-state index in [2.05, 4.69) is 25.3 Å². The predicted molar refractivity (Wildman–Crippen MR) is 124 cm³/mol. The van der Waals surface area contributed by atoms with E-state index in [1.165, 1.54) is 19.1 Å². The highest BCUT2D eigenvalue weighted by molar-refractivity contribution is 7.89. The van der Waals surface area contributed by atoms with Crippen molar-refractivity contribution in [2.75, 3.05) is 25.1 Å². The Kier molecular flexibility index (Phi) is 9.26. The molecule has 1 aliphatic rings. The van der Waals surface area contributed by atoms with Crippen molar-refractivity contribution < 1.29 is 40.6 Å². The first-order valence-electron chi connectivity index (χ1n) is 11.4. The van der Waals surface area contributed by atoms with Crippen molar-refractivity contribution in [3.63, 3.8) is 0 Å². The van der Waals surface area contributed by atoms with Crippen LogP contribution in [0.15, 0.2) is 35.5 Å². The molecule has 1 aliphatic carbocycles. The molecular formula is C22H27F4N5O5S. The Morgan fingerprint density at radius 1 is 1.24 bits per heavy atom. The lowest BCUT2D eigenvalue weighted by Crippen LogP contribution is -2.38. The molecule has 37 heavy (non-hydrogen) atoms. The van der Waals surface area contributed by atoms with Crippen molar-refractivity contribution >= 4 is 27.8 Å². The highest BCUT2D eigenvalue weighted by Gasteiger charge is 2.33. The number of anilines is 2. The van der Waals surface area contributed by atoms with Crippen LogP contribution in [-0.2, 0) is 14.8 Å². The third-order valence-electron chi connectivity index (χ3n) is 5.63. The number of amides is 1. The Balaban J connectivity index is 1.45. The van der Waals surface area contributed by atoms with E-state index in [1.54, 1.807) is 12.4 Å². The quantitative estimate of drug-likeness (QED) is 0.313. The standard InChI is InChI=1S/C22H27F4N5O5S/c1-13(9-22(24,25)26)30-21(33)36-12-14-6-15(7-14)16-10-27-20(28-11-16)31-19-3-2-17(8-18(19)23)37(34,35)29-4-5-32/h2-3,8,10-11,13-15,29,32H,4-7,9,12H2,1H3,(H,30,33)(H,27,28,31)/t13-,14?,15?/m0/s1. The van der Waals surface area contributed by atoms with Gasteiger partial charge in [0, 0.05) is 25.0 Å². The van der Waals surface area contributed by atoms with Crippen molar-refractivity contribution in [1.29, 1.82) is 0 Å². The summed E-state index contributed by atoms with van der Waals surface area (Å²) < 4.78 is 82.6. The third-order valence-corrected chi connectivity index (χ3v) is 7.09. The van der Waals surface area contributed by atoms with E-state index in [-0.39, 0.29) is 41.5 Å². The normalized spacial score (nSPS) is 18.5. The second-order valence-electron chi connectivity index (χ2n) is 8.73. The van der Waals surface area contributed by atoms with Gasteiger partial charge < -0.3 is 20.5 Å². The van der Waals surface area contributed by atoms with E-state index in [0.717, 1.165) is 11.6 Å². The van der Waals surface area contributed by atoms with E-state index < -0.39 is 47.2 Å². The maximum atomic E-state index is 14.4. The number of alkyl carbamates (subject to hydrolysis) is 1. The Hall–Kier alpha value is -3.04. The number of aromatic nitrogens is 2. The lowest BCUT2D eigenvalue weighted by molar-refractivity contribution is -0.138. The van der Waals surface area contributed by atoms with Gasteiger partial charge in [0.1, 0.15) is 5.82 Å². The third kappa shape index (κ3) is 8.50. The molecule has 0 bridgehead atoms. The van der Waals surface area contributed by atoms with Crippen LogP contribution in [0.2, 0.25) is 0 Å². The van der Waals surface area contributed by atoms with Gasteiger partial charge >= 0.3 is 12.3 Å². The monoisotopic (exact) mass is 549 g/mol. The number of nitrogens with one attached hydrogen (secondary N) is 3. The highest BCUT2D eigenvalue weighted by atomic mass is 32.2. The van der Waals surface area contributed by atoms with Gasteiger partial charge in [-0.2, -0.15) is 13.2 Å². The summed E-state index contributed by atoms with van der Waals surface area (Å²) in [7, 11) is -3.95. The number of benzene rings is 1. The van der Waals surface area contributed by atoms with E-state index in [9.17, 15) is 30.8 Å². The van der Waals surface area contributed by atoms with Crippen molar-refractivity contribution in [1.82, 2.24) is 20.0 Å². The van der Waals surface area contributed by atoms with Crippen LogP contribution in [0.4, 0.5) is 34.0 Å². The number of nitrogens with zero attached hydrogens (tertiary/aromatic N) is 2. The first-order valence-corrected chi connectivity index (χ1v) is 12.8. The van der Waals surface area contributed by atoms with Crippen LogP contribution in [0.5, 0.6) is 0 Å². The number of carbonyl (C=O) groups is 1. The Bertz CT molecular complexity index is 1170. The maximum Gasteiger partial charge on any atom is 0.407 e. The Morgan fingerprint density at radius 3 is 2.51 bits per heavy atom. The minimum atomic E-state index is -4.37. The molecular weight excluding hydrogens is 522 g/mol. The van der Waals surface area contributed by atoms with Crippen LogP contribution in [0.25, 0.3) is 0 Å². The van der Waals surface area contributed by atoms with Gasteiger partial charge in [-0.3, -0.25) is 0 Å². The van der Waals surface area contributed by atoms with Gasteiger partial charge in [-0.1, -0.05) is 0 Å². The maximum absolute atomic E-state index is 14.4. The number of carbonyl (C=O) groups excluding carboxylic acids is 1. The van der Waals surface area contributed by atoms with Crippen LogP contribution < -0.4 is 15.4 Å². The molecule has 0 saturated heterocycles. The highest BCUT2D eigenvalue weighted by Crippen LogP contribution is 2.41. The molecule has 0 radical (unpaired) electrons. The number of hydrogen-bond donors (Lipinski definition) is 4. The summed E-state index contributed by atoms with van der Waals surface area (Å²) in [6, 6.07) is 2.19. The largest absolute Gasteiger partial charge is 0.449 e. The number of alkyl halides is 3. The number of aliphatic hydroxyl groups excluding tert-OH is 1. The molecule has 0 spiro atoms. The molecule has 3 rings (SSSR count). The summed E-state index contributed by atoms with van der Waals surface area (Å²) in [5.74, 6) is -0.566. The molecule has 10 nitrogen and oxygen atoms in total. The van der Waals surface area contributed by atoms with Gasteiger partial charge in [0.2, 0.25) is 16.0 Å².